The van der Waals surface area contributed by atoms with Gasteiger partial charge in [-0.25, -0.2) is 9.97 Å². The summed E-state index contributed by atoms with van der Waals surface area (Å²) >= 11 is 0. The Bertz CT molecular complexity index is 635. The van der Waals surface area contributed by atoms with Gasteiger partial charge in [-0.15, -0.1) is 12.8 Å². The molecule has 4 rings (SSSR count). The molecule has 1 atom stereocenters. The Kier molecular flexibility index (Phi) is 7.07. The third kappa shape index (κ3) is 4.48. The SMILES string of the molecule is C#C.CC.c1nc(NC2CCCNC2)c2c(CC3CC3)c[nH]c2n1. The van der Waals surface area contributed by atoms with Gasteiger partial charge in [-0.05, 0) is 50.1 Å². The Hall–Kier alpha value is -2.06. The highest BCUT2D eigenvalue weighted by Gasteiger charge is 2.24. The predicted octanol–water partition coefficient (Wildman–Crippen LogP) is 3.35. The van der Waals surface area contributed by atoms with Gasteiger partial charge in [-0.1, -0.05) is 13.8 Å². The molecule has 0 radical (unpaired) electrons. The molecule has 0 aromatic carbocycles. The van der Waals surface area contributed by atoms with Gasteiger partial charge in [0.1, 0.15) is 17.8 Å². The van der Waals surface area contributed by atoms with E-state index >= 15 is 0 Å². The van der Waals surface area contributed by atoms with Crippen molar-refractivity contribution >= 4 is 16.9 Å². The lowest BCUT2D eigenvalue weighted by molar-refractivity contribution is 0.479. The first kappa shape index (κ1) is 18.3. The van der Waals surface area contributed by atoms with Crippen LogP contribution in [0.5, 0.6) is 0 Å². The van der Waals surface area contributed by atoms with E-state index in [-0.39, 0.29) is 0 Å². The molecule has 2 aromatic rings. The first-order valence-electron chi connectivity index (χ1n) is 9.01. The van der Waals surface area contributed by atoms with Crippen LogP contribution >= 0.6 is 0 Å². The maximum absolute atomic E-state index is 4.49. The van der Waals surface area contributed by atoms with Crippen LogP contribution in [0.25, 0.3) is 11.0 Å². The summed E-state index contributed by atoms with van der Waals surface area (Å²) < 4.78 is 0. The third-order valence-corrected chi connectivity index (χ3v) is 4.39. The highest BCUT2D eigenvalue weighted by molar-refractivity contribution is 5.90. The summed E-state index contributed by atoms with van der Waals surface area (Å²) in [5.74, 6) is 1.87. The molecule has 0 amide bonds. The van der Waals surface area contributed by atoms with Crippen molar-refractivity contribution in [3.05, 3.63) is 18.1 Å². The number of rotatable bonds is 4. The highest BCUT2D eigenvalue weighted by Crippen LogP contribution is 2.35. The minimum atomic E-state index is 0.477. The standard InChI is InChI=1S/C15H21N5.C2H6.C2H2/c1-2-12(8-16-5-1)20-15-13-11(6-10-3-4-10)7-17-14(13)18-9-19-15;2*1-2/h7,9-10,12,16H,1-6,8H2,(H2,17,18,19,20);1-2H3;1-2H. The van der Waals surface area contributed by atoms with Crippen LogP contribution in [0.4, 0.5) is 5.82 Å². The molecule has 24 heavy (non-hydrogen) atoms. The van der Waals surface area contributed by atoms with E-state index in [4.69, 9.17) is 0 Å². The number of hydrogen-bond donors (Lipinski definition) is 3. The van der Waals surface area contributed by atoms with Crippen LogP contribution in [-0.4, -0.2) is 34.1 Å². The van der Waals surface area contributed by atoms with Gasteiger partial charge >= 0.3 is 0 Å². The molecule has 5 nitrogen and oxygen atoms in total. The lowest BCUT2D eigenvalue weighted by Crippen LogP contribution is -2.38. The third-order valence-electron chi connectivity index (χ3n) is 4.39. The fourth-order valence-electron chi connectivity index (χ4n) is 3.10. The van der Waals surface area contributed by atoms with Gasteiger partial charge in [0, 0.05) is 18.8 Å². The summed E-state index contributed by atoms with van der Waals surface area (Å²) in [6.07, 6.45) is 18.1. The molecule has 0 spiro atoms. The summed E-state index contributed by atoms with van der Waals surface area (Å²) in [4.78, 5) is 12.1. The summed E-state index contributed by atoms with van der Waals surface area (Å²) in [6.45, 7) is 6.16. The van der Waals surface area contributed by atoms with Crippen molar-refractivity contribution in [3.63, 3.8) is 0 Å². The number of terminal acetylenes is 1. The number of H-pyrrole nitrogens is 1. The number of anilines is 1. The van der Waals surface area contributed by atoms with E-state index in [2.05, 4.69) is 44.6 Å². The Balaban J connectivity index is 0.000000487. The van der Waals surface area contributed by atoms with Crippen LogP contribution in [0.15, 0.2) is 12.5 Å². The van der Waals surface area contributed by atoms with Crippen molar-refractivity contribution in [2.75, 3.05) is 18.4 Å². The van der Waals surface area contributed by atoms with Crippen molar-refractivity contribution in [3.8, 4) is 12.8 Å². The molecular weight excluding hydrogens is 298 g/mol. The minimum Gasteiger partial charge on any atom is -0.365 e. The Morgan fingerprint density at radius 3 is 2.67 bits per heavy atom. The van der Waals surface area contributed by atoms with Gasteiger partial charge in [0.15, 0.2) is 0 Å². The molecule has 1 unspecified atom stereocenters. The normalized spacial score (nSPS) is 19.6. The molecule has 2 aliphatic rings. The van der Waals surface area contributed by atoms with Crippen molar-refractivity contribution in [1.29, 1.82) is 0 Å². The maximum atomic E-state index is 4.49. The second kappa shape index (κ2) is 9.29. The predicted molar refractivity (Wildman–Crippen MR) is 101 cm³/mol. The average Bonchev–Trinajstić information content (AvgIpc) is 3.38. The van der Waals surface area contributed by atoms with Crippen LogP contribution < -0.4 is 10.6 Å². The molecule has 1 saturated heterocycles. The van der Waals surface area contributed by atoms with Gasteiger partial charge < -0.3 is 15.6 Å². The van der Waals surface area contributed by atoms with Crippen molar-refractivity contribution in [2.24, 2.45) is 5.92 Å². The van der Waals surface area contributed by atoms with Gasteiger partial charge in [0.2, 0.25) is 0 Å². The van der Waals surface area contributed by atoms with Crippen molar-refractivity contribution in [2.45, 2.75) is 52.0 Å². The van der Waals surface area contributed by atoms with Gasteiger partial charge in [-0.3, -0.25) is 0 Å². The lowest BCUT2D eigenvalue weighted by atomic mass is 10.1. The second-order valence-electron chi connectivity index (χ2n) is 6.09. The summed E-state index contributed by atoms with van der Waals surface area (Å²) in [5.41, 5.74) is 2.33. The van der Waals surface area contributed by atoms with Gasteiger partial charge in [0.05, 0.1) is 5.39 Å². The zero-order valence-corrected chi connectivity index (χ0v) is 14.8. The number of nitrogens with one attached hydrogen (secondary N) is 3. The summed E-state index contributed by atoms with van der Waals surface area (Å²) in [7, 11) is 0. The fourth-order valence-corrected chi connectivity index (χ4v) is 3.10. The fraction of sp³-hybridized carbons (Fsp3) is 0.579. The van der Waals surface area contributed by atoms with E-state index in [9.17, 15) is 0 Å². The molecule has 3 heterocycles. The molecule has 1 aliphatic carbocycles. The van der Waals surface area contributed by atoms with Gasteiger partial charge in [-0.2, -0.15) is 0 Å². The zero-order chi connectivity index (χ0) is 17.4. The summed E-state index contributed by atoms with van der Waals surface area (Å²) in [5, 5.41) is 8.25. The smallest absolute Gasteiger partial charge is 0.143 e. The number of hydrogen-bond acceptors (Lipinski definition) is 4. The Morgan fingerprint density at radius 1 is 1.21 bits per heavy atom. The largest absolute Gasteiger partial charge is 0.365 e. The van der Waals surface area contributed by atoms with E-state index in [0.29, 0.717) is 6.04 Å². The zero-order valence-electron chi connectivity index (χ0n) is 14.8. The van der Waals surface area contributed by atoms with E-state index in [1.165, 1.54) is 36.6 Å². The number of nitrogens with zero attached hydrogens (tertiary/aromatic N) is 2. The van der Waals surface area contributed by atoms with Gasteiger partial charge in [0.25, 0.3) is 0 Å². The first-order valence-corrected chi connectivity index (χ1v) is 9.01. The lowest BCUT2D eigenvalue weighted by Gasteiger charge is -2.24. The summed E-state index contributed by atoms with van der Waals surface area (Å²) in [6, 6.07) is 0.477. The quantitative estimate of drug-likeness (QED) is 0.754. The maximum Gasteiger partial charge on any atom is 0.143 e. The Labute approximate surface area is 145 Å². The van der Waals surface area contributed by atoms with E-state index < -0.39 is 0 Å². The number of aromatic nitrogens is 3. The Morgan fingerprint density at radius 2 is 2.00 bits per heavy atom. The van der Waals surface area contributed by atoms with E-state index in [0.717, 1.165) is 36.9 Å². The van der Waals surface area contributed by atoms with Crippen molar-refractivity contribution < 1.29 is 0 Å². The van der Waals surface area contributed by atoms with Crippen LogP contribution in [0.2, 0.25) is 0 Å². The highest BCUT2D eigenvalue weighted by atomic mass is 15.1. The van der Waals surface area contributed by atoms with E-state index in [1.54, 1.807) is 6.33 Å². The average molecular weight is 327 g/mol. The number of piperidine rings is 1. The number of aromatic amines is 1. The van der Waals surface area contributed by atoms with E-state index in [1.807, 2.05) is 13.8 Å². The minimum absolute atomic E-state index is 0.477. The molecule has 130 valence electrons. The molecule has 2 fully saturated rings. The molecule has 1 saturated carbocycles. The van der Waals surface area contributed by atoms with Crippen LogP contribution in [0.3, 0.4) is 0 Å². The van der Waals surface area contributed by atoms with Crippen LogP contribution in [-0.2, 0) is 6.42 Å². The molecule has 3 N–H and O–H groups in total. The molecular formula is C19H29N5. The van der Waals surface area contributed by atoms with Crippen LogP contribution in [0, 0.1) is 18.8 Å². The topological polar surface area (TPSA) is 65.6 Å². The second-order valence-corrected chi connectivity index (χ2v) is 6.09. The number of fused-ring (bicyclic) bond motifs is 1. The molecule has 5 heteroatoms. The van der Waals surface area contributed by atoms with Crippen LogP contribution in [0.1, 0.15) is 45.1 Å². The van der Waals surface area contributed by atoms with Crippen molar-refractivity contribution in [1.82, 2.24) is 20.3 Å². The molecule has 1 aliphatic heterocycles. The molecule has 0 bridgehead atoms. The monoisotopic (exact) mass is 327 g/mol. The first-order chi connectivity index (χ1) is 11.9. The molecule has 2 aromatic heterocycles.